The number of ether oxygens (including phenoxy) is 2. The summed E-state index contributed by atoms with van der Waals surface area (Å²) in [7, 11) is 1.25. The molecule has 0 aliphatic carbocycles. The highest BCUT2D eigenvalue weighted by Crippen LogP contribution is 2.16. The van der Waals surface area contributed by atoms with E-state index in [0.29, 0.717) is 19.0 Å². The molecule has 1 aliphatic heterocycles. The van der Waals surface area contributed by atoms with Crippen LogP contribution in [0, 0.1) is 5.92 Å². The van der Waals surface area contributed by atoms with E-state index in [4.69, 9.17) is 4.74 Å². The number of carbonyl (C=O) groups excluding carboxylic acids is 2. The summed E-state index contributed by atoms with van der Waals surface area (Å²) in [5.41, 5.74) is 0. The minimum absolute atomic E-state index is 0.0394. The summed E-state index contributed by atoms with van der Waals surface area (Å²) in [6.07, 6.45) is -0.815. The van der Waals surface area contributed by atoms with Crippen molar-refractivity contribution in [2.24, 2.45) is 5.92 Å². The van der Waals surface area contributed by atoms with E-state index < -0.39 is 6.16 Å². The van der Waals surface area contributed by atoms with Gasteiger partial charge < -0.3 is 14.4 Å². The van der Waals surface area contributed by atoms with Gasteiger partial charge in [-0.15, -0.1) is 0 Å². The smallest absolute Gasteiger partial charge is 0.438 e. The number of nitrogens with zero attached hydrogens (tertiary/aromatic N) is 1. The van der Waals surface area contributed by atoms with E-state index in [1.165, 1.54) is 7.11 Å². The third-order valence-corrected chi connectivity index (χ3v) is 2.19. The number of hydrogen-bond donors (Lipinski definition) is 0. The highest BCUT2D eigenvalue weighted by Gasteiger charge is 2.32. The van der Waals surface area contributed by atoms with E-state index in [1.807, 2.05) is 13.8 Å². The minimum atomic E-state index is -0.723. The topological polar surface area (TPSA) is 55.8 Å². The van der Waals surface area contributed by atoms with Crippen LogP contribution in [0.2, 0.25) is 0 Å². The molecule has 1 amide bonds. The molecule has 86 valence electrons. The Kier molecular flexibility index (Phi) is 3.94. The van der Waals surface area contributed by atoms with Crippen molar-refractivity contribution in [2.75, 3.05) is 20.2 Å². The average molecular weight is 215 g/mol. The van der Waals surface area contributed by atoms with Crippen LogP contribution in [-0.4, -0.2) is 43.3 Å². The van der Waals surface area contributed by atoms with Gasteiger partial charge in [-0.3, -0.25) is 4.79 Å². The van der Waals surface area contributed by atoms with E-state index in [0.717, 1.165) is 0 Å². The van der Waals surface area contributed by atoms with Crippen LogP contribution >= 0.6 is 0 Å². The van der Waals surface area contributed by atoms with E-state index in [9.17, 15) is 9.59 Å². The van der Waals surface area contributed by atoms with E-state index >= 15 is 0 Å². The largest absolute Gasteiger partial charge is 0.508 e. The third kappa shape index (κ3) is 3.42. The molecule has 5 nitrogen and oxygen atoms in total. The van der Waals surface area contributed by atoms with Gasteiger partial charge in [0.05, 0.1) is 20.1 Å². The van der Waals surface area contributed by atoms with Gasteiger partial charge in [0, 0.05) is 6.54 Å². The maximum atomic E-state index is 11.5. The normalized spacial score (nSPS) is 20.9. The number of rotatable bonds is 3. The zero-order valence-corrected chi connectivity index (χ0v) is 9.36. The molecule has 0 aromatic heterocycles. The lowest BCUT2D eigenvalue weighted by atomic mass is 10.2. The Balaban J connectivity index is 2.41. The molecule has 0 bridgehead atoms. The molecule has 1 aliphatic rings. The molecular weight excluding hydrogens is 198 g/mol. The Morgan fingerprint density at radius 2 is 2.27 bits per heavy atom. The van der Waals surface area contributed by atoms with Crippen LogP contribution in [0.1, 0.15) is 20.3 Å². The predicted molar refractivity (Wildman–Crippen MR) is 53.3 cm³/mol. The lowest BCUT2D eigenvalue weighted by Crippen LogP contribution is -2.30. The van der Waals surface area contributed by atoms with Crippen molar-refractivity contribution >= 4 is 12.1 Å². The van der Waals surface area contributed by atoms with Crippen molar-refractivity contribution in [1.82, 2.24) is 4.90 Å². The zero-order chi connectivity index (χ0) is 11.4. The number of hydrogen-bond acceptors (Lipinski definition) is 4. The lowest BCUT2D eigenvalue weighted by molar-refractivity contribution is -0.128. The summed E-state index contributed by atoms with van der Waals surface area (Å²) < 4.78 is 9.29. The van der Waals surface area contributed by atoms with Gasteiger partial charge in [0.2, 0.25) is 5.91 Å². The van der Waals surface area contributed by atoms with Crippen molar-refractivity contribution in [1.29, 1.82) is 0 Å². The molecule has 0 saturated carbocycles. The second kappa shape index (κ2) is 5.00. The van der Waals surface area contributed by atoms with E-state index in [-0.39, 0.29) is 18.4 Å². The molecule has 1 unspecified atom stereocenters. The van der Waals surface area contributed by atoms with Crippen LogP contribution in [0.25, 0.3) is 0 Å². The summed E-state index contributed by atoms with van der Waals surface area (Å²) in [4.78, 5) is 24.0. The first-order chi connectivity index (χ1) is 7.02. The second-order valence-corrected chi connectivity index (χ2v) is 4.09. The molecule has 1 saturated heterocycles. The SMILES string of the molecule is COC(=O)OC1CC(=O)N(CC(C)C)C1. The van der Waals surface area contributed by atoms with Gasteiger partial charge in [-0.1, -0.05) is 13.8 Å². The van der Waals surface area contributed by atoms with Crippen LogP contribution in [-0.2, 0) is 14.3 Å². The molecule has 15 heavy (non-hydrogen) atoms. The molecule has 1 atom stereocenters. The lowest BCUT2D eigenvalue weighted by Gasteiger charge is -2.18. The fourth-order valence-electron chi connectivity index (χ4n) is 1.62. The van der Waals surface area contributed by atoms with Gasteiger partial charge in [0.1, 0.15) is 6.10 Å². The van der Waals surface area contributed by atoms with Crippen molar-refractivity contribution in [3.8, 4) is 0 Å². The zero-order valence-electron chi connectivity index (χ0n) is 9.36. The second-order valence-electron chi connectivity index (χ2n) is 4.09. The Bertz CT molecular complexity index is 252. The van der Waals surface area contributed by atoms with Crippen LogP contribution in [0.3, 0.4) is 0 Å². The van der Waals surface area contributed by atoms with Gasteiger partial charge in [-0.2, -0.15) is 0 Å². The van der Waals surface area contributed by atoms with Gasteiger partial charge in [-0.05, 0) is 5.92 Å². The molecule has 0 aromatic rings. The number of carbonyl (C=O) groups is 2. The van der Waals surface area contributed by atoms with E-state index in [1.54, 1.807) is 4.90 Å². The summed E-state index contributed by atoms with van der Waals surface area (Å²) in [6.45, 7) is 5.27. The quantitative estimate of drug-likeness (QED) is 0.660. The van der Waals surface area contributed by atoms with Crippen molar-refractivity contribution in [3.63, 3.8) is 0 Å². The third-order valence-electron chi connectivity index (χ3n) is 2.19. The standard InChI is InChI=1S/C10H17NO4/c1-7(2)5-11-6-8(4-9(11)12)15-10(13)14-3/h7-8H,4-6H2,1-3H3. The van der Waals surface area contributed by atoms with Gasteiger partial charge in [0.25, 0.3) is 0 Å². The highest BCUT2D eigenvalue weighted by molar-refractivity contribution is 5.79. The van der Waals surface area contributed by atoms with Crippen molar-refractivity contribution < 1.29 is 19.1 Å². The number of methoxy groups -OCH3 is 1. The number of likely N-dealkylation sites (tertiary alicyclic amines) is 1. The van der Waals surface area contributed by atoms with Crippen molar-refractivity contribution in [3.05, 3.63) is 0 Å². The summed E-state index contributed by atoms with van der Waals surface area (Å²) in [6, 6.07) is 0. The Morgan fingerprint density at radius 1 is 1.60 bits per heavy atom. The highest BCUT2D eigenvalue weighted by atomic mass is 16.7. The van der Waals surface area contributed by atoms with E-state index in [2.05, 4.69) is 4.74 Å². The van der Waals surface area contributed by atoms with Crippen LogP contribution in [0.5, 0.6) is 0 Å². The summed E-state index contributed by atoms with van der Waals surface area (Å²) in [5, 5.41) is 0. The average Bonchev–Trinajstić information content (AvgIpc) is 2.45. The predicted octanol–water partition coefficient (Wildman–Crippen LogP) is 1.03. The molecule has 1 rings (SSSR count). The van der Waals surface area contributed by atoms with Gasteiger partial charge in [0.15, 0.2) is 0 Å². The number of amides is 1. The Morgan fingerprint density at radius 3 is 2.80 bits per heavy atom. The molecule has 0 aromatic carbocycles. The van der Waals surface area contributed by atoms with Gasteiger partial charge in [-0.25, -0.2) is 4.79 Å². The molecule has 1 fully saturated rings. The maximum Gasteiger partial charge on any atom is 0.508 e. The Hall–Kier alpha value is -1.26. The minimum Gasteiger partial charge on any atom is -0.438 e. The molecule has 0 radical (unpaired) electrons. The monoisotopic (exact) mass is 215 g/mol. The van der Waals surface area contributed by atoms with Crippen LogP contribution in [0.4, 0.5) is 4.79 Å². The fourth-order valence-corrected chi connectivity index (χ4v) is 1.62. The molecule has 0 N–H and O–H groups in total. The van der Waals surface area contributed by atoms with Gasteiger partial charge >= 0.3 is 6.16 Å². The first-order valence-electron chi connectivity index (χ1n) is 5.05. The van der Waals surface area contributed by atoms with Crippen LogP contribution < -0.4 is 0 Å². The first kappa shape index (κ1) is 11.8. The molecule has 0 spiro atoms. The van der Waals surface area contributed by atoms with Crippen molar-refractivity contribution in [2.45, 2.75) is 26.4 Å². The fraction of sp³-hybridized carbons (Fsp3) is 0.800. The summed E-state index contributed by atoms with van der Waals surface area (Å²) in [5.74, 6) is 0.462. The van der Waals surface area contributed by atoms with Crippen LogP contribution in [0.15, 0.2) is 0 Å². The first-order valence-corrected chi connectivity index (χ1v) is 5.05. The molecule has 1 heterocycles. The molecule has 5 heteroatoms. The maximum absolute atomic E-state index is 11.5. The Labute approximate surface area is 89.3 Å². The molecular formula is C10H17NO4. The summed E-state index contributed by atoms with van der Waals surface area (Å²) >= 11 is 0.